The zero-order valence-corrected chi connectivity index (χ0v) is 11.2. The zero-order chi connectivity index (χ0) is 14.9. The first-order valence-corrected chi connectivity index (χ1v) is 6.17. The number of hydrogen-bond acceptors (Lipinski definition) is 3. The van der Waals surface area contributed by atoms with E-state index >= 15 is 0 Å². The molecule has 0 aliphatic rings. The smallest absolute Gasteiger partial charge is 0.328 e. The molecule has 0 aliphatic carbocycles. The van der Waals surface area contributed by atoms with E-state index < -0.39 is 24.5 Å². The molecule has 0 fully saturated rings. The van der Waals surface area contributed by atoms with Gasteiger partial charge in [-0.05, 0) is 37.6 Å². The van der Waals surface area contributed by atoms with Crippen LogP contribution < -0.4 is 5.32 Å². The number of aromatic nitrogens is 1. The van der Waals surface area contributed by atoms with Crippen LogP contribution in [0.25, 0.3) is 10.9 Å². The average Bonchev–Trinajstić information content (AvgIpc) is 2.70. The number of H-pyrrole nitrogens is 1. The summed E-state index contributed by atoms with van der Waals surface area (Å²) in [5, 5.41) is 20.9. The Morgan fingerprint density at radius 1 is 1.35 bits per heavy atom. The second-order valence-corrected chi connectivity index (χ2v) is 4.68. The van der Waals surface area contributed by atoms with Crippen LogP contribution >= 0.6 is 0 Å². The Morgan fingerprint density at radius 3 is 2.65 bits per heavy atom. The highest BCUT2D eigenvalue weighted by atomic mass is 16.4. The SMILES string of the molecule is Cc1[nH]c2ccc(C(=O)NC(CO)C(=O)O)cc2c1C. The van der Waals surface area contributed by atoms with Crippen molar-refractivity contribution in [3.63, 3.8) is 0 Å². The fraction of sp³-hybridized carbons (Fsp3) is 0.286. The maximum Gasteiger partial charge on any atom is 0.328 e. The van der Waals surface area contributed by atoms with E-state index in [0.29, 0.717) is 5.56 Å². The molecule has 0 radical (unpaired) electrons. The van der Waals surface area contributed by atoms with Crippen LogP contribution in [0.4, 0.5) is 0 Å². The number of nitrogens with one attached hydrogen (secondary N) is 2. The summed E-state index contributed by atoms with van der Waals surface area (Å²) in [7, 11) is 0. The highest BCUT2D eigenvalue weighted by molar-refractivity contribution is 6.00. The minimum atomic E-state index is -1.30. The molecule has 2 aromatic rings. The topological polar surface area (TPSA) is 102 Å². The number of benzene rings is 1. The van der Waals surface area contributed by atoms with Gasteiger partial charge in [0.1, 0.15) is 0 Å². The van der Waals surface area contributed by atoms with Crippen molar-refractivity contribution in [2.45, 2.75) is 19.9 Å². The predicted octanol–water partition coefficient (Wildman–Crippen LogP) is 0.960. The van der Waals surface area contributed by atoms with Crippen LogP contribution in [0, 0.1) is 13.8 Å². The third-order valence-corrected chi connectivity index (χ3v) is 3.36. The van der Waals surface area contributed by atoms with E-state index in [4.69, 9.17) is 10.2 Å². The molecule has 106 valence electrons. The fourth-order valence-corrected chi connectivity index (χ4v) is 2.03. The van der Waals surface area contributed by atoms with Gasteiger partial charge in [0.05, 0.1) is 6.61 Å². The number of rotatable bonds is 4. The Kier molecular flexibility index (Phi) is 3.76. The summed E-state index contributed by atoms with van der Waals surface area (Å²) < 4.78 is 0. The molecule has 1 aromatic heterocycles. The van der Waals surface area contributed by atoms with Gasteiger partial charge in [-0.15, -0.1) is 0 Å². The lowest BCUT2D eigenvalue weighted by atomic mass is 10.1. The number of carboxylic acid groups (broad SMARTS) is 1. The van der Waals surface area contributed by atoms with Gasteiger partial charge in [-0.1, -0.05) is 0 Å². The molecule has 1 atom stereocenters. The molecule has 0 aliphatic heterocycles. The number of carbonyl (C=O) groups excluding carboxylic acids is 1. The number of aromatic amines is 1. The van der Waals surface area contributed by atoms with E-state index in [-0.39, 0.29) is 0 Å². The van der Waals surface area contributed by atoms with Gasteiger partial charge in [-0.3, -0.25) is 4.79 Å². The average molecular weight is 276 g/mol. The van der Waals surface area contributed by atoms with Crippen molar-refractivity contribution in [3.05, 3.63) is 35.0 Å². The molecule has 2 rings (SSSR count). The first-order valence-electron chi connectivity index (χ1n) is 6.17. The van der Waals surface area contributed by atoms with E-state index in [2.05, 4.69) is 10.3 Å². The number of fused-ring (bicyclic) bond motifs is 1. The van der Waals surface area contributed by atoms with E-state index in [1.165, 1.54) is 0 Å². The van der Waals surface area contributed by atoms with Crippen molar-refractivity contribution in [2.24, 2.45) is 0 Å². The number of aryl methyl sites for hydroxylation is 2. The Labute approximate surface area is 115 Å². The number of amides is 1. The summed E-state index contributed by atoms with van der Waals surface area (Å²) in [5.74, 6) is -1.79. The normalized spacial score (nSPS) is 12.3. The number of aliphatic hydroxyl groups is 1. The molecule has 1 aromatic carbocycles. The van der Waals surface area contributed by atoms with Crippen molar-refractivity contribution in [3.8, 4) is 0 Å². The summed E-state index contributed by atoms with van der Waals surface area (Å²) in [6.45, 7) is 3.25. The number of hydrogen-bond donors (Lipinski definition) is 4. The molecule has 4 N–H and O–H groups in total. The lowest BCUT2D eigenvalue weighted by molar-refractivity contribution is -0.140. The first kappa shape index (κ1) is 14.1. The zero-order valence-electron chi connectivity index (χ0n) is 11.2. The number of carboxylic acids is 1. The summed E-state index contributed by atoms with van der Waals surface area (Å²) in [6, 6.07) is 3.80. The van der Waals surface area contributed by atoms with Crippen molar-refractivity contribution >= 4 is 22.8 Å². The van der Waals surface area contributed by atoms with E-state index in [1.54, 1.807) is 18.2 Å². The van der Waals surface area contributed by atoms with Gasteiger partial charge in [-0.2, -0.15) is 0 Å². The minimum Gasteiger partial charge on any atom is -0.480 e. The van der Waals surface area contributed by atoms with Crippen LogP contribution in [-0.4, -0.2) is 39.7 Å². The van der Waals surface area contributed by atoms with Gasteiger partial charge >= 0.3 is 5.97 Å². The quantitative estimate of drug-likeness (QED) is 0.668. The van der Waals surface area contributed by atoms with Crippen LogP contribution in [0.15, 0.2) is 18.2 Å². The Bertz CT molecular complexity index is 675. The van der Waals surface area contributed by atoms with Crippen molar-refractivity contribution < 1.29 is 19.8 Å². The van der Waals surface area contributed by atoms with Crippen molar-refractivity contribution in [1.82, 2.24) is 10.3 Å². The van der Waals surface area contributed by atoms with Gasteiger partial charge in [0.2, 0.25) is 0 Å². The third-order valence-electron chi connectivity index (χ3n) is 3.36. The number of aliphatic hydroxyl groups excluding tert-OH is 1. The van der Waals surface area contributed by atoms with Crippen LogP contribution in [0.5, 0.6) is 0 Å². The van der Waals surface area contributed by atoms with E-state index in [9.17, 15) is 9.59 Å². The van der Waals surface area contributed by atoms with Gasteiger partial charge in [-0.25, -0.2) is 4.79 Å². The summed E-state index contributed by atoms with van der Waals surface area (Å²) in [5.41, 5.74) is 3.36. The van der Waals surface area contributed by atoms with Crippen LogP contribution in [0.3, 0.4) is 0 Å². The maximum atomic E-state index is 12.0. The highest BCUT2D eigenvalue weighted by Crippen LogP contribution is 2.22. The Hall–Kier alpha value is -2.34. The molecular formula is C14H16N2O4. The van der Waals surface area contributed by atoms with Gasteiger partial charge in [0.25, 0.3) is 5.91 Å². The molecule has 0 bridgehead atoms. The van der Waals surface area contributed by atoms with Gasteiger partial charge < -0.3 is 20.5 Å². The fourth-order valence-electron chi connectivity index (χ4n) is 2.03. The molecule has 1 amide bonds. The standard InChI is InChI=1S/C14H16N2O4/c1-7-8(2)15-11-4-3-9(5-10(7)11)13(18)16-12(6-17)14(19)20/h3-5,12,15,17H,6H2,1-2H3,(H,16,18)(H,19,20). The van der Waals surface area contributed by atoms with Gasteiger partial charge in [0, 0.05) is 22.2 Å². The summed E-state index contributed by atoms with van der Waals surface area (Å²) in [6.07, 6.45) is 0. The summed E-state index contributed by atoms with van der Waals surface area (Å²) in [4.78, 5) is 26.0. The van der Waals surface area contributed by atoms with Crippen molar-refractivity contribution in [2.75, 3.05) is 6.61 Å². The second-order valence-electron chi connectivity index (χ2n) is 4.68. The molecule has 1 heterocycles. The predicted molar refractivity (Wildman–Crippen MR) is 73.7 cm³/mol. The number of aliphatic carboxylic acids is 1. The van der Waals surface area contributed by atoms with E-state index in [0.717, 1.165) is 22.2 Å². The monoisotopic (exact) mass is 276 g/mol. The molecule has 6 heteroatoms. The van der Waals surface area contributed by atoms with Crippen molar-refractivity contribution in [1.29, 1.82) is 0 Å². The molecule has 6 nitrogen and oxygen atoms in total. The third kappa shape index (κ3) is 2.50. The lowest BCUT2D eigenvalue weighted by Crippen LogP contribution is -2.43. The summed E-state index contributed by atoms with van der Waals surface area (Å²) >= 11 is 0. The first-order chi connectivity index (χ1) is 9.43. The number of carbonyl (C=O) groups is 2. The van der Waals surface area contributed by atoms with Crippen LogP contribution in [0.2, 0.25) is 0 Å². The Balaban J connectivity index is 2.30. The van der Waals surface area contributed by atoms with Crippen LogP contribution in [0.1, 0.15) is 21.6 Å². The van der Waals surface area contributed by atoms with E-state index in [1.807, 2.05) is 13.8 Å². The molecular weight excluding hydrogens is 260 g/mol. The molecule has 0 saturated carbocycles. The molecule has 0 saturated heterocycles. The maximum absolute atomic E-state index is 12.0. The highest BCUT2D eigenvalue weighted by Gasteiger charge is 2.20. The van der Waals surface area contributed by atoms with Gasteiger partial charge in [0.15, 0.2) is 6.04 Å². The molecule has 0 spiro atoms. The van der Waals surface area contributed by atoms with Crippen LogP contribution in [-0.2, 0) is 4.79 Å². The lowest BCUT2D eigenvalue weighted by Gasteiger charge is -2.11. The minimum absolute atomic E-state index is 0.360. The molecule has 1 unspecified atom stereocenters. The second kappa shape index (κ2) is 5.34. The largest absolute Gasteiger partial charge is 0.480 e. The Morgan fingerprint density at radius 2 is 2.05 bits per heavy atom. The molecule has 20 heavy (non-hydrogen) atoms.